The van der Waals surface area contributed by atoms with Crippen LogP contribution in [-0.4, -0.2) is 24.2 Å². The molecule has 1 aromatic rings. The van der Waals surface area contributed by atoms with Gasteiger partial charge in [0, 0.05) is 16.4 Å². The van der Waals surface area contributed by atoms with Crippen LogP contribution in [0.15, 0.2) is 22.7 Å². The van der Waals surface area contributed by atoms with E-state index in [4.69, 9.17) is 0 Å². The zero-order valence-corrected chi connectivity index (χ0v) is 12.2. The molecule has 1 fully saturated rings. The Bertz CT molecular complexity index is 452. The van der Waals surface area contributed by atoms with Gasteiger partial charge in [-0.3, -0.25) is 4.79 Å². The molecule has 0 aromatic heterocycles. The number of carbonyl (C=O) groups excluding carboxylic acids is 1. The molecule has 0 unspecified atom stereocenters. The molecule has 0 spiro atoms. The molecule has 1 amide bonds. The molecule has 2 rings (SSSR count). The molecule has 5 heteroatoms. The van der Waals surface area contributed by atoms with Gasteiger partial charge in [-0.2, -0.15) is 0 Å². The van der Waals surface area contributed by atoms with Crippen LogP contribution in [0.1, 0.15) is 36.0 Å². The molecular formula is C14H17BrFNO2. The monoisotopic (exact) mass is 329 g/mol. The molecule has 0 heterocycles. The van der Waals surface area contributed by atoms with E-state index in [1.54, 1.807) is 12.1 Å². The van der Waals surface area contributed by atoms with Gasteiger partial charge in [0.2, 0.25) is 0 Å². The van der Waals surface area contributed by atoms with Crippen molar-refractivity contribution in [3.63, 3.8) is 0 Å². The average molecular weight is 330 g/mol. The van der Waals surface area contributed by atoms with Gasteiger partial charge in [-0.1, -0.05) is 18.9 Å². The summed E-state index contributed by atoms with van der Waals surface area (Å²) in [5.41, 5.74) is -0.207. The van der Waals surface area contributed by atoms with E-state index >= 15 is 0 Å². The SMILES string of the molecule is O=C(NCC1(CO)CCCC1)c1c(F)cccc1Br. The largest absolute Gasteiger partial charge is 0.396 e. The molecule has 0 bridgehead atoms. The van der Waals surface area contributed by atoms with E-state index in [9.17, 15) is 14.3 Å². The highest BCUT2D eigenvalue weighted by atomic mass is 79.9. The van der Waals surface area contributed by atoms with Crippen molar-refractivity contribution in [2.24, 2.45) is 5.41 Å². The third-order valence-electron chi connectivity index (χ3n) is 3.81. The second-order valence-corrected chi connectivity index (χ2v) is 6.00. The fourth-order valence-electron chi connectivity index (χ4n) is 2.59. The van der Waals surface area contributed by atoms with E-state index in [1.807, 2.05) is 0 Å². The molecule has 1 aliphatic rings. The highest BCUT2D eigenvalue weighted by Crippen LogP contribution is 2.37. The summed E-state index contributed by atoms with van der Waals surface area (Å²) < 4.78 is 14.1. The minimum atomic E-state index is -0.545. The summed E-state index contributed by atoms with van der Waals surface area (Å²) in [6.45, 7) is 0.453. The fraction of sp³-hybridized carbons (Fsp3) is 0.500. The normalized spacial score (nSPS) is 17.4. The van der Waals surface area contributed by atoms with E-state index in [0.717, 1.165) is 25.7 Å². The van der Waals surface area contributed by atoms with E-state index < -0.39 is 11.7 Å². The maximum absolute atomic E-state index is 13.6. The van der Waals surface area contributed by atoms with Crippen molar-refractivity contribution in [1.29, 1.82) is 0 Å². The van der Waals surface area contributed by atoms with Crippen LogP contribution in [0.4, 0.5) is 4.39 Å². The molecule has 19 heavy (non-hydrogen) atoms. The number of aliphatic hydroxyl groups excluding tert-OH is 1. The molecule has 1 saturated carbocycles. The summed E-state index contributed by atoms with van der Waals surface area (Å²) in [5, 5.41) is 12.2. The number of hydrogen-bond donors (Lipinski definition) is 2. The number of rotatable bonds is 4. The van der Waals surface area contributed by atoms with Gasteiger partial charge in [-0.25, -0.2) is 4.39 Å². The third kappa shape index (κ3) is 3.15. The minimum Gasteiger partial charge on any atom is -0.396 e. The Kier molecular flexibility index (Phi) is 4.58. The highest BCUT2D eigenvalue weighted by Gasteiger charge is 2.33. The molecule has 1 aromatic carbocycles. The Hall–Kier alpha value is -0.940. The smallest absolute Gasteiger partial charge is 0.255 e. The summed E-state index contributed by atoms with van der Waals surface area (Å²) in [7, 11) is 0. The first-order valence-corrected chi connectivity index (χ1v) is 7.20. The van der Waals surface area contributed by atoms with Crippen LogP contribution in [0.25, 0.3) is 0 Å². The number of aliphatic hydroxyl groups is 1. The van der Waals surface area contributed by atoms with Crippen molar-refractivity contribution in [3.8, 4) is 0 Å². The van der Waals surface area contributed by atoms with Gasteiger partial charge in [0.05, 0.1) is 12.2 Å². The predicted octanol–water partition coefficient (Wildman–Crippen LogP) is 2.87. The van der Waals surface area contributed by atoms with Gasteiger partial charge in [-0.15, -0.1) is 0 Å². The summed E-state index contributed by atoms with van der Waals surface area (Å²) in [4.78, 5) is 12.0. The number of benzene rings is 1. The molecule has 0 aliphatic heterocycles. The number of hydrogen-bond acceptors (Lipinski definition) is 2. The standard InChI is InChI=1S/C14H17BrFNO2/c15-10-4-3-5-11(16)12(10)13(19)17-8-14(9-18)6-1-2-7-14/h3-5,18H,1-2,6-9H2,(H,17,19). The van der Waals surface area contributed by atoms with Crippen LogP contribution in [0.2, 0.25) is 0 Å². The van der Waals surface area contributed by atoms with E-state index in [1.165, 1.54) is 6.07 Å². The van der Waals surface area contributed by atoms with Crippen LogP contribution in [-0.2, 0) is 0 Å². The summed E-state index contributed by atoms with van der Waals surface area (Å²) >= 11 is 3.18. The molecular weight excluding hydrogens is 313 g/mol. The molecule has 0 radical (unpaired) electrons. The van der Waals surface area contributed by atoms with Gasteiger partial charge >= 0.3 is 0 Å². The van der Waals surface area contributed by atoms with Gasteiger partial charge in [0.25, 0.3) is 5.91 Å². The van der Waals surface area contributed by atoms with E-state index in [-0.39, 0.29) is 17.6 Å². The van der Waals surface area contributed by atoms with Crippen LogP contribution >= 0.6 is 15.9 Å². The molecule has 2 N–H and O–H groups in total. The first-order chi connectivity index (χ1) is 9.08. The zero-order valence-electron chi connectivity index (χ0n) is 10.6. The number of carbonyl (C=O) groups is 1. The first kappa shape index (κ1) is 14.5. The summed E-state index contributed by atoms with van der Waals surface area (Å²) in [6, 6.07) is 4.44. The van der Waals surface area contributed by atoms with E-state index in [2.05, 4.69) is 21.2 Å². The lowest BCUT2D eigenvalue weighted by Crippen LogP contribution is -2.38. The molecule has 0 atom stereocenters. The zero-order chi connectivity index (χ0) is 13.9. The van der Waals surface area contributed by atoms with Crippen LogP contribution < -0.4 is 5.32 Å². The van der Waals surface area contributed by atoms with Crippen molar-refractivity contribution >= 4 is 21.8 Å². The van der Waals surface area contributed by atoms with Crippen LogP contribution in [0.5, 0.6) is 0 Å². The Morgan fingerprint density at radius 3 is 2.68 bits per heavy atom. The lowest BCUT2D eigenvalue weighted by atomic mass is 9.87. The second-order valence-electron chi connectivity index (χ2n) is 5.14. The van der Waals surface area contributed by atoms with Crippen molar-refractivity contribution in [2.75, 3.05) is 13.2 Å². The Morgan fingerprint density at radius 1 is 1.42 bits per heavy atom. The fourth-order valence-corrected chi connectivity index (χ4v) is 3.11. The van der Waals surface area contributed by atoms with Gasteiger partial charge < -0.3 is 10.4 Å². The summed E-state index contributed by atoms with van der Waals surface area (Å²) in [6.07, 6.45) is 3.95. The Balaban J connectivity index is 2.05. The Morgan fingerprint density at radius 2 is 2.11 bits per heavy atom. The quantitative estimate of drug-likeness (QED) is 0.892. The third-order valence-corrected chi connectivity index (χ3v) is 4.47. The van der Waals surface area contributed by atoms with Crippen LogP contribution in [0, 0.1) is 11.2 Å². The van der Waals surface area contributed by atoms with Gasteiger partial charge in [0.1, 0.15) is 5.82 Å². The molecule has 104 valence electrons. The van der Waals surface area contributed by atoms with Gasteiger partial charge in [0.15, 0.2) is 0 Å². The maximum Gasteiger partial charge on any atom is 0.255 e. The van der Waals surface area contributed by atoms with Crippen molar-refractivity contribution in [1.82, 2.24) is 5.32 Å². The first-order valence-electron chi connectivity index (χ1n) is 6.41. The van der Waals surface area contributed by atoms with Gasteiger partial charge in [-0.05, 0) is 40.9 Å². The number of amides is 1. The van der Waals surface area contributed by atoms with Crippen LogP contribution in [0.3, 0.4) is 0 Å². The average Bonchev–Trinajstić information content (AvgIpc) is 2.86. The molecule has 3 nitrogen and oxygen atoms in total. The second kappa shape index (κ2) is 6.01. The lowest BCUT2D eigenvalue weighted by Gasteiger charge is -2.26. The molecule has 0 saturated heterocycles. The molecule has 1 aliphatic carbocycles. The van der Waals surface area contributed by atoms with Crippen molar-refractivity contribution in [2.45, 2.75) is 25.7 Å². The van der Waals surface area contributed by atoms with Crippen molar-refractivity contribution in [3.05, 3.63) is 34.1 Å². The summed E-state index contributed by atoms with van der Waals surface area (Å²) in [5.74, 6) is -0.985. The highest BCUT2D eigenvalue weighted by molar-refractivity contribution is 9.10. The Labute approximate surface area is 120 Å². The number of halogens is 2. The van der Waals surface area contributed by atoms with Crippen molar-refractivity contribution < 1.29 is 14.3 Å². The van der Waals surface area contributed by atoms with E-state index in [0.29, 0.717) is 11.0 Å². The topological polar surface area (TPSA) is 49.3 Å². The maximum atomic E-state index is 13.6. The lowest BCUT2D eigenvalue weighted by molar-refractivity contribution is 0.0876. The number of nitrogens with one attached hydrogen (secondary N) is 1. The minimum absolute atomic E-state index is 0.0218. The predicted molar refractivity (Wildman–Crippen MR) is 74.4 cm³/mol.